The third-order valence-corrected chi connectivity index (χ3v) is 4.55. The van der Waals surface area contributed by atoms with Gasteiger partial charge in [0.1, 0.15) is 0 Å². The highest BCUT2D eigenvalue weighted by Crippen LogP contribution is 2.23. The van der Waals surface area contributed by atoms with Gasteiger partial charge < -0.3 is 15.6 Å². The number of fused-ring (bicyclic) bond motifs is 1. The molecule has 144 valence electrons. The van der Waals surface area contributed by atoms with E-state index in [1.165, 1.54) is 0 Å². The Kier molecular flexibility index (Phi) is 6.06. The van der Waals surface area contributed by atoms with E-state index in [0.717, 1.165) is 45.7 Å². The number of rotatable bonds is 7. The van der Waals surface area contributed by atoms with E-state index < -0.39 is 0 Å². The second kappa shape index (κ2) is 8.67. The van der Waals surface area contributed by atoms with Crippen LogP contribution in [0.25, 0.3) is 16.5 Å². The third kappa shape index (κ3) is 4.56. The number of hydrogen-bond donors (Lipinski definition) is 2. The predicted molar refractivity (Wildman–Crippen MR) is 118 cm³/mol. The minimum absolute atomic E-state index is 0.640. The molecule has 0 unspecified atom stereocenters. The molecular weight excluding hydrogens is 346 g/mol. The maximum Gasteiger partial charge on any atom is 0.0703 e. The second-order valence-corrected chi connectivity index (χ2v) is 7.07. The monoisotopic (exact) mass is 373 g/mol. The molecule has 0 fully saturated rings. The number of nitrogens with zero attached hydrogens (tertiary/aromatic N) is 3. The van der Waals surface area contributed by atoms with E-state index >= 15 is 0 Å². The molecule has 3 N–H and O–H groups in total. The standard InChI is InChI=1S/C23H27N5/c1-5-16(15-28(3)4)11-17(6-2)21-8-7-20(24)23(27-21)13-19-12-18-14-25-10-9-22(18)26-19/h5-12,14,26H,1,13,15,24H2,2-4H3/b16-11+,17-6+. The number of hydrogen-bond acceptors (Lipinski definition) is 4. The van der Waals surface area contributed by atoms with Crippen LogP contribution in [0.1, 0.15) is 24.0 Å². The molecule has 0 aliphatic heterocycles. The molecule has 0 atom stereocenters. The van der Waals surface area contributed by atoms with E-state index in [4.69, 9.17) is 10.7 Å². The molecule has 0 bridgehead atoms. The molecule has 0 aliphatic carbocycles. The van der Waals surface area contributed by atoms with Crippen LogP contribution in [-0.2, 0) is 6.42 Å². The zero-order valence-electron chi connectivity index (χ0n) is 16.7. The van der Waals surface area contributed by atoms with Gasteiger partial charge >= 0.3 is 0 Å². The third-order valence-electron chi connectivity index (χ3n) is 4.55. The van der Waals surface area contributed by atoms with E-state index in [-0.39, 0.29) is 0 Å². The Morgan fingerprint density at radius 1 is 1.29 bits per heavy atom. The zero-order valence-corrected chi connectivity index (χ0v) is 16.7. The summed E-state index contributed by atoms with van der Waals surface area (Å²) in [6.07, 6.45) is 10.4. The minimum Gasteiger partial charge on any atom is -0.397 e. The summed E-state index contributed by atoms with van der Waals surface area (Å²) in [6, 6.07) is 7.96. The Labute approximate surface area is 166 Å². The molecule has 0 aromatic carbocycles. The molecule has 0 saturated heterocycles. The molecule has 0 amide bonds. The summed E-state index contributed by atoms with van der Waals surface area (Å²) in [5.74, 6) is 0. The van der Waals surface area contributed by atoms with Crippen LogP contribution in [0.4, 0.5) is 5.69 Å². The minimum atomic E-state index is 0.640. The molecule has 3 rings (SSSR count). The Morgan fingerprint density at radius 3 is 2.79 bits per heavy atom. The molecule has 28 heavy (non-hydrogen) atoms. The van der Waals surface area contributed by atoms with Gasteiger partial charge in [0.2, 0.25) is 0 Å². The Bertz CT molecular complexity index is 1010. The Balaban J connectivity index is 1.91. The van der Waals surface area contributed by atoms with Crippen molar-refractivity contribution < 1.29 is 0 Å². The number of nitrogens with two attached hydrogens (primary N) is 1. The molecule has 3 heterocycles. The van der Waals surface area contributed by atoms with E-state index in [1.54, 1.807) is 6.20 Å². The van der Waals surface area contributed by atoms with Crippen molar-refractivity contribution in [1.82, 2.24) is 19.9 Å². The quantitative estimate of drug-likeness (QED) is 0.609. The average molecular weight is 374 g/mol. The molecule has 0 spiro atoms. The number of aromatic amines is 1. The highest BCUT2D eigenvalue weighted by Gasteiger charge is 2.09. The van der Waals surface area contributed by atoms with Gasteiger partial charge in [0.05, 0.1) is 17.1 Å². The molecule has 5 nitrogen and oxygen atoms in total. The lowest BCUT2D eigenvalue weighted by molar-refractivity contribution is 0.449. The molecule has 0 radical (unpaired) electrons. The van der Waals surface area contributed by atoms with Gasteiger partial charge in [0.15, 0.2) is 0 Å². The fourth-order valence-electron chi connectivity index (χ4n) is 3.16. The normalized spacial score (nSPS) is 12.7. The fraction of sp³-hybridized carbons (Fsp3) is 0.217. The largest absolute Gasteiger partial charge is 0.397 e. The number of anilines is 1. The summed E-state index contributed by atoms with van der Waals surface area (Å²) in [5, 5.41) is 1.09. The van der Waals surface area contributed by atoms with Gasteiger partial charge in [-0.1, -0.05) is 18.7 Å². The number of allylic oxidation sites excluding steroid dienone is 3. The lowest BCUT2D eigenvalue weighted by Gasteiger charge is -2.12. The van der Waals surface area contributed by atoms with Gasteiger partial charge in [-0.05, 0) is 62.5 Å². The summed E-state index contributed by atoms with van der Waals surface area (Å²) in [4.78, 5) is 14.6. The predicted octanol–water partition coefficient (Wildman–Crippen LogP) is 4.21. The van der Waals surface area contributed by atoms with E-state index in [0.29, 0.717) is 12.1 Å². The van der Waals surface area contributed by atoms with Crippen molar-refractivity contribution in [1.29, 1.82) is 0 Å². The van der Waals surface area contributed by atoms with Crippen molar-refractivity contribution in [2.24, 2.45) is 0 Å². The van der Waals surface area contributed by atoms with Gasteiger partial charge in [-0.25, -0.2) is 0 Å². The number of nitrogen functional groups attached to an aromatic ring is 1. The van der Waals surface area contributed by atoms with Crippen LogP contribution in [-0.4, -0.2) is 40.5 Å². The molecule has 5 heteroatoms. The number of likely N-dealkylation sites (N-methyl/N-ethyl adjacent to an activating group) is 1. The van der Waals surface area contributed by atoms with Gasteiger partial charge in [-0.15, -0.1) is 0 Å². The van der Waals surface area contributed by atoms with Crippen molar-refractivity contribution >= 4 is 22.2 Å². The molecule has 0 aliphatic rings. The van der Waals surface area contributed by atoms with Gasteiger partial charge in [-0.3, -0.25) is 9.97 Å². The first-order valence-corrected chi connectivity index (χ1v) is 9.31. The van der Waals surface area contributed by atoms with Crippen molar-refractivity contribution in [2.45, 2.75) is 13.3 Å². The van der Waals surface area contributed by atoms with Crippen LogP contribution in [0, 0.1) is 0 Å². The Hall–Kier alpha value is -3.18. The maximum absolute atomic E-state index is 6.22. The van der Waals surface area contributed by atoms with E-state index in [9.17, 15) is 0 Å². The number of aromatic nitrogens is 3. The van der Waals surface area contributed by atoms with E-state index in [1.807, 2.05) is 51.5 Å². The van der Waals surface area contributed by atoms with Gasteiger partial charge in [0, 0.05) is 42.0 Å². The highest BCUT2D eigenvalue weighted by molar-refractivity contribution is 5.79. The zero-order chi connectivity index (χ0) is 20.1. The van der Waals surface area contributed by atoms with Crippen molar-refractivity contribution in [2.75, 3.05) is 26.4 Å². The summed E-state index contributed by atoms with van der Waals surface area (Å²) < 4.78 is 0. The topological polar surface area (TPSA) is 70.8 Å². The van der Waals surface area contributed by atoms with Crippen LogP contribution in [0.15, 0.2) is 67.0 Å². The van der Waals surface area contributed by atoms with Crippen LogP contribution in [0.2, 0.25) is 0 Å². The van der Waals surface area contributed by atoms with Crippen molar-refractivity contribution in [3.63, 3.8) is 0 Å². The summed E-state index contributed by atoms with van der Waals surface area (Å²) >= 11 is 0. The fourth-order valence-corrected chi connectivity index (χ4v) is 3.16. The molecular formula is C23H27N5. The summed E-state index contributed by atoms with van der Waals surface area (Å²) in [7, 11) is 4.09. The van der Waals surface area contributed by atoms with Crippen LogP contribution in [0.5, 0.6) is 0 Å². The van der Waals surface area contributed by atoms with Gasteiger partial charge in [-0.2, -0.15) is 0 Å². The number of pyridine rings is 2. The first kappa shape index (κ1) is 19.6. The Morgan fingerprint density at radius 2 is 2.11 bits per heavy atom. The smallest absolute Gasteiger partial charge is 0.0703 e. The highest BCUT2D eigenvalue weighted by atomic mass is 15.0. The van der Waals surface area contributed by atoms with Crippen LogP contribution < -0.4 is 5.73 Å². The lowest BCUT2D eigenvalue weighted by Crippen LogP contribution is -2.14. The second-order valence-electron chi connectivity index (χ2n) is 7.07. The summed E-state index contributed by atoms with van der Waals surface area (Å²) in [6.45, 7) is 6.78. The van der Waals surface area contributed by atoms with Gasteiger partial charge in [0.25, 0.3) is 0 Å². The summed E-state index contributed by atoms with van der Waals surface area (Å²) in [5.41, 5.74) is 13.0. The number of nitrogens with one attached hydrogen (secondary N) is 1. The van der Waals surface area contributed by atoms with E-state index in [2.05, 4.69) is 39.7 Å². The first-order chi connectivity index (χ1) is 13.5. The number of H-pyrrole nitrogens is 1. The van der Waals surface area contributed by atoms with Crippen molar-refractivity contribution in [3.05, 3.63) is 84.1 Å². The molecule has 3 aromatic rings. The molecule has 3 aromatic heterocycles. The lowest BCUT2D eigenvalue weighted by atomic mass is 10.1. The first-order valence-electron chi connectivity index (χ1n) is 9.31. The average Bonchev–Trinajstić information content (AvgIpc) is 3.09. The SMILES string of the molecule is C=C/C(=C\C(=C/C)c1ccc(N)c(Cc2cc3cnccc3[nH]2)n1)CN(C)C. The maximum atomic E-state index is 6.22. The van der Waals surface area contributed by atoms with Crippen LogP contribution >= 0.6 is 0 Å². The molecule has 0 saturated carbocycles. The van der Waals surface area contributed by atoms with Crippen molar-refractivity contribution in [3.8, 4) is 0 Å². The van der Waals surface area contributed by atoms with Crippen LogP contribution in [0.3, 0.4) is 0 Å².